The Hall–Kier alpha value is -1.64. The highest BCUT2D eigenvalue weighted by atomic mass is 16.1. The van der Waals surface area contributed by atoms with Gasteiger partial charge in [0.15, 0.2) is 0 Å². The summed E-state index contributed by atoms with van der Waals surface area (Å²) in [5, 5.41) is 0. The van der Waals surface area contributed by atoms with E-state index in [1.807, 2.05) is 24.3 Å². The molecule has 0 aromatic heterocycles. The molecule has 0 radical (unpaired) electrons. The number of nitrogens with zero attached hydrogens (tertiary/aromatic N) is 1. The molecule has 0 saturated heterocycles. The summed E-state index contributed by atoms with van der Waals surface area (Å²) in [4.78, 5) is 16.4. The number of carbonyl (C=O) groups excluding carboxylic acids is 1. The number of hydrogen-bond acceptors (Lipinski definition) is 2. The maximum absolute atomic E-state index is 12.1. The van der Waals surface area contributed by atoms with Gasteiger partial charge in [0.1, 0.15) is 0 Å². The molecule has 3 aliphatic rings. The Morgan fingerprint density at radius 2 is 2.05 bits per heavy atom. The Balaban J connectivity index is 1.95. The van der Waals surface area contributed by atoms with Crippen molar-refractivity contribution in [3.8, 4) is 0 Å². The molecule has 1 fully saturated rings. The summed E-state index contributed by atoms with van der Waals surface area (Å²) in [7, 11) is 0. The summed E-state index contributed by atoms with van der Waals surface area (Å²) >= 11 is 0. The summed E-state index contributed by atoms with van der Waals surface area (Å²) in [6.45, 7) is 2.28. The summed E-state index contributed by atoms with van der Waals surface area (Å²) in [6.07, 6.45) is 14.2. The first-order chi connectivity index (χ1) is 9.12. The van der Waals surface area contributed by atoms with Gasteiger partial charge in [-0.15, -0.1) is 0 Å². The van der Waals surface area contributed by atoms with E-state index >= 15 is 0 Å². The van der Waals surface area contributed by atoms with Gasteiger partial charge in [0.05, 0.1) is 11.1 Å². The fourth-order valence-corrected chi connectivity index (χ4v) is 3.49. The summed E-state index contributed by atoms with van der Waals surface area (Å²) < 4.78 is 0. The number of rotatable bonds is 2. The standard InChI is InChI=1S/C16H20N2O/c1-11-2-4-13(5-3-11)16(15(17)19)8-6-14-12(10-16)7-9-18-14/h6-11,13H,2-5H2,1H3,(H2,17,19). The third kappa shape index (κ3) is 1.97. The van der Waals surface area contributed by atoms with Crippen LogP contribution in [-0.2, 0) is 4.79 Å². The van der Waals surface area contributed by atoms with Crippen molar-refractivity contribution in [1.82, 2.24) is 0 Å². The highest BCUT2D eigenvalue weighted by Gasteiger charge is 2.43. The molecule has 1 aliphatic heterocycles. The number of amides is 1. The summed E-state index contributed by atoms with van der Waals surface area (Å²) in [5.41, 5.74) is 7.13. The topological polar surface area (TPSA) is 55.5 Å². The highest BCUT2D eigenvalue weighted by molar-refractivity contribution is 6.14. The van der Waals surface area contributed by atoms with Crippen LogP contribution in [0.5, 0.6) is 0 Å². The highest BCUT2D eigenvalue weighted by Crippen LogP contribution is 2.45. The van der Waals surface area contributed by atoms with Gasteiger partial charge in [0.25, 0.3) is 0 Å². The molecule has 100 valence electrons. The largest absolute Gasteiger partial charge is 0.369 e. The fourth-order valence-electron chi connectivity index (χ4n) is 3.49. The van der Waals surface area contributed by atoms with Crippen LogP contribution in [-0.4, -0.2) is 11.6 Å². The normalized spacial score (nSPS) is 36.7. The Labute approximate surface area is 114 Å². The van der Waals surface area contributed by atoms with Gasteiger partial charge in [-0.25, -0.2) is 0 Å². The van der Waals surface area contributed by atoms with Crippen molar-refractivity contribution in [3.05, 3.63) is 36.1 Å². The molecule has 0 spiro atoms. The van der Waals surface area contributed by atoms with Crippen molar-refractivity contribution in [3.63, 3.8) is 0 Å². The molecule has 1 saturated carbocycles. The Kier molecular flexibility index (Phi) is 2.92. The average molecular weight is 256 g/mol. The lowest BCUT2D eigenvalue weighted by molar-refractivity contribution is -0.126. The van der Waals surface area contributed by atoms with Crippen LogP contribution in [0, 0.1) is 17.3 Å². The van der Waals surface area contributed by atoms with Gasteiger partial charge < -0.3 is 5.73 Å². The minimum absolute atomic E-state index is 0.227. The van der Waals surface area contributed by atoms with Gasteiger partial charge in [0, 0.05) is 6.20 Å². The Morgan fingerprint density at radius 3 is 2.74 bits per heavy atom. The van der Waals surface area contributed by atoms with Crippen molar-refractivity contribution in [2.24, 2.45) is 28.0 Å². The first kappa shape index (κ1) is 12.4. The molecule has 3 nitrogen and oxygen atoms in total. The molecule has 0 aromatic carbocycles. The van der Waals surface area contributed by atoms with Crippen molar-refractivity contribution in [2.75, 3.05) is 0 Å². The molecule has 1 unspecified atom stereocenters. The van der Waals surface area contributed by atoms with Crippen molar-refractivity contribution >= 4 is 11.6 Å². The predicted octanol–water partition coefficient (Wildman–Crippen LogP) is 2.75. The molecule has 3 rings (SSSR count). The summed E-state index contributed by atoms with van der Waals surface area (Å²) in [6, 6.07) is 0. The Bertz CT molecular complexity index is 519. The van der Waals surface area contributed by atoms with Crippen LogP contribution in [0.2, 0.25) is 0 Å². The number of fused-ring (bicyclic) bond motifs is 1. The second-order valence-electron chi connectivity index (χ2n) is 6.02. The third-order valence-corrected chi connectivity index (χ3v) is 4.79. The van der Waals surface area contributed by atoms with Crippen LogP contribution in [0.4, 0.5) is 0 Å². The first-order valence-corrected chi connectivity index (χ1v) is 7.08. The van der Waals surface area contributed by atoms with Crippen LogP contribution in [0.1, 0.15) is 32.6 Å². The Morgan fingerprint density at radius 1 is 1.32 bits per heavy atom. The average Bonchev–Trinajstić information content (AvgIpc) is 2.86. The molecule has 2 aliphatic carbocycles. The molecule has 1 amide bonds. The van der Waals surface area contributed by atoms with Gasteiger partial charge in [-0.05, 0) is 42.4 Å². The zero-order chi connectivity index (χ0) is 13.5. The quantitative estimate of drug-likeness (QED) is 0.811. The molecular formula is C16H20N2O. The van der Waals surface area contributed by atoms with Crippen LogP contribution in [0.3, 0.4) is 0 Å². The zero-order valence-electron chi connectivity index (χ0n) is 11.3. The maximum Gasteiger partial charge on any atom is 0.231 e. The number of primary amides is 1. The van der Waals surface area contributed by atoms with E-state index in [1.165, 1.54) is 12.8 Å². The number of hydrogen-bond donors (Lipinski definition) is 1. The minimum Gasteiger partial charge on any atom is -0.369 e. The van der Waals surface area contributed by atoms with E-state index in [0.29, 0.717) is 5.92 Å². The number of aliphatic imine (C=N–C) groups is 1. The fraction of sp³-hybridized carbons (Fsp3) is 0.500. The van der Waals surface area contributed by atoms with Gasteiger partial charge >= 0.3 is 0 Å². The van der Waals surface area contributed by atoms with Gasteiger partial charge in [-0.3, -0.25) is 9.79 Å². The van der Waals surface area contributed by atoms with Gasteiger partial charge in [-0.2, -0.15) is 0 Å². The lowest BCUT2D eigenvalue weighted by Gasteiger charge is -2.39. The van der Waals surface area contributed by atoms with Crippen molar-refractivity contribution in [1.29, 1.82) is 0 Å². The van der Waals surface area contributed by atoms with E-state index in [1.54, 1.807) is 6.20 Å². The van der Waals surface area contributed by atoms with Gasteiger partial charge in [-0.1, -0.05) is 31.9 Å². The van der Waals surface area contributed by atoms with Crippen LogP contribution < -0.4 is 5.73 Å². The second kappa shape index (κ2) is 4.48. The van der Waals surface area contributed by atoms with E-state index in [9.17, 15) is 4.79 Å². The van der Waals surface area contributed by atoms with E-state index in [0.717, 1.165) is 30.0 Å². The molecule has 0 aromatic rings. The molecule has 0 bridgehead atoms. The molecule has 19 heavy (non-hydrogen) atoms. The smallest absolute Gasteiger partial charge is 0.231 e. The van der Waals surface area contributed by atoms with Crippen LogP contribution in [0.15, 0.2) is 41.1 Å². The van der Waals surface area contributed by atoms with Crippen LogP contribution >= 0.6 is 0 Å². The molecule has 2 N–H and O–H groups in total. The first-order valence-electron chi connectivity index (χ1n) is 7.08. The minimum atomic E-state index is -0.608. The van der Waals surface area contributed by atoms with Crippen LogP contribution in [0.25, 0.3) is 0 Å². The molecule has 1 heterocycles. The van der Waals surface area contributed by atoms with E-state index in [-0.39, 0.29) is 5.91 Å². The van der Waals surface area contributed by atoms with E-state index in [2.05, 4.69) is 11.9 Å². The van der Waals surface area contributed by atoms with E-state index in [4.69, 9.17) is 5.73 Å². The second-order valence-corrected chi connectivity index (χ2v) is 6.02. The van der Waals surface area contributed by atoms with E-state index < -0.39 is 5.41 Å². The van der Waals surface area contributed by atoms with Crippen molar-refractivity contribution < 1.29 is 4.79 Å². The lowest BCUT2D eigenvalue weighted by atomic mass is 9.64. The monoisotopic (exact) mass is 256 g/mol. The zero-order valence-corrected chi connectivity index (χ0v) is 11.3. The number of nitrogens with two attached hydrogens (primary N) is 1. The van der Waals surface area contributed by atoms with Crippen molar-refractivity contribution in [2.45, 2.75) is 32.6 Å². The number of carbonyl (C=O) groups is 1. The number of allylic oxidation sites excluding steroid dienone is 3. The predicted molar refractivity (Wildman–Crippen MR) is 76.5 cm³/mol. The lowest BCUT2D eigenvalue weighted by Crippen LogP contribution is -2.43. The SMILES string of the molecule is CC1CCC(C2(C(N)=O)C=CC3=NC=CC3=C2)CC1. The molecule has 3 heteroatoms. The summed E-state index contributed by atoms with van der Waals surface area (Å²) in [5.74, 6) is 0.876. The maximum atomic E-state index is 12.1. The third-order valence-electron chi connectivity index (χ3n) is 4.79. The van der Waals surface area contributed by atoms with Gasteiger partial charge in [0.2, 0.25) is 5.91 Å². The molecular weight excluding hydrogens is 236 g/mol. The molecule has 1 atom stereocenters.